The number of hydrogen-bond acceptors (Lipinski definition) is 3. The van der Waals surface area contributed by atoms with E-state index in [-0.39, 0.29) is 17.0 Å². The third kappa shape index (κ3) is 2.95. The topological polar surface area (TPSA) is 46.9 Å². The first kappa shape index (κ1) is 14.1. The Kier molecular flexibility index (Phi) is 3.96. The fraction of sp³-hybridized carbons (Fsp3) is 0.333. The van der Waals surface area contributed by atoms with Crippen LogP contribution in [0.25, 0.3) is 5.69 Å². The second kappa shape index (κ2) is 5.89. The van der Waals surface area contributed by atoms with Crippen molar-refractivity contribution in [2.24, 2.45) is 0 Å². The number of nitrogens with one attached hydrogen (secondary N) is 1. The van der Waals surface area contributed by atoms with E-state index in [2.05, 4.69) is 10.4 Å². The molecule has 1 aliphatic heterocycles. The summed E-state index contributed by atoms with van der Waals surface area (Å²) in [5.74, 6) is 1.13. The maximum Gasteiger partial charge on any atom is 0.238 e. The summed E-state index contributed by atoms with van der Waals surface area (Å²) in [6, 6.07) is 8.15. The standard InChI is InChI=1S/C15H16FN3OS/c1-10-9-14(17-15(20)13-7-4-8-21-13)19(18-10)12-6-3-2-5-11(12)16/h2-3,5-6,9,13H,4,7-8H2,1H3,(H,17,20). The smallest absolute Gasteiger partial charge is 0.238 e. The lowest BCUT2D eigenvalue weighted by molar-refractivity contribution is -0.115. The van der Waals surface area contributed by atoms with Crippen LogP contribution in [-0.4, -0.2) is 26.7 Å². The molecule has 1 fully saturated rings. The van der Waals surface area contributed by atoms with Gasteiger partial charge in [-0.25, -0.2) is 9.07 Å². The SMILES string of the molecule is Cc1cc(NC(=O)C2CCCS2)n(-c2ccccc2F)n1. The highest BCUT2D eigenvalue weighted by molar-refractivity contribution is 8.00. The third-order valence-corrected chi connectivity index (χ3v) is 4.76. The molecule has 6 heteroatoms. The van der Waals surface area contributed by atoms with Gasteiger partial charge in [-0.05, 0) is 37.7 Å². The van der Waals surface area contributed by atoms with E-state index in [0.717, 1.165) is 24.3 Å². The first-order chi connectivity index (χ1) is 10.1. The summed E-state index contributed by atoms with van der Waals surface area (Å²) >= 11 is 1.67. The average molecular weight is 305 g/mol. The number of aromatic nitrogens is 2. The highest BCUT2D eigenvalue weighted by Gasteiger charge is 2.24. The molecule has 2 aromatic rings. The zero-order valence-corrected chi connectivity index (χ0v) is 12.5. The van der Waals surface area contributed by atoms with Crippen molar-refractivity contribution in [2.75, 3.05) is 11.1 Å². The quantitative estimate of drug-likeness (QED) is 0.947. The molecule has 1 aromatic heterocycles. The Hall–Kier alpha value is -1.82. The molecule has 1 aliphatic rings. The average Bonchev–Trinajstić information content (AvgIpc) is 3.09. The summed E-state index contributed by atoms with van der Waals surface area (Å²) in [6.07, 6.45) is 1.96. The number of thioether (sulfide) groups is 1. The zero-order chi connectivity index (χ0) is 14.8. The number of para-hydroxylation sites is 1. The summed E-state index contributed by atoms with van der Waals surface area (Å²) in [4.78, 5) is 12.2. The molecule has 0 saturated carbocycles. The van der Waals surface area contributed by atoms with Crippen molar-refractivity contribution in [3.8, 4) is 5.69 Å². The number of anilines is 1. The molecule has 3 rings (SSSR count). The van der Waals surface area contributed by atoms with Gasteiger partial charge in [0.05, 0.1) is 10.9 Å². The maximum absolute atomic E-state index is 13.9. The minimum absolute atomic E-state index is 0.0192. The molecule has 0 spiro atoms. The predicted molar refractivity (Wildman–Crippen MR) is 82.4 cm³/mol. The van der Waals surface area contributed by atoms with Crippen LogP contribution in [0.4, 0.5) is 10.2 Å². The summed E-state index contributed by atoms with van der Waals surface area (Å²) in [7, 11) is 0. The van der Waals surface area contributed by atoms with Crippen LogP contribution < -0.4 is 5.32 Å². The van der Waals surface area contributed by atoms with Gasteiger partial charge in [-0.15, -0.1) is 11.8 Å². The fourth-order valence-electron chi connectivity index (χ4n) is 2.39. The Morgan fingerprint density at radius 2 is 2.29 bits per heavy atom. The van der Waals surface area contributed by atoms with Gasteiger partial charge in [-0.3, -0.25) is 4.79 Å². The molecule has 21 heavy (non-hydrogen) atoms. The second-order valence-corrected chi connectivity index (χ2v) is 6.34. The third-order valence-electron chi connectivity index (χ3n) is 3.39. The number of halogens is 1. The van der Waals surface area contributed by atoms with Crippen LogP contribution in [0, 0.1) is 12.7 Å². The van der Waals surface area contributed by atoms with Crippen LogP contribution in [0.2, 0.25) is 0 Å². The van der Waals surface area contributed by atoms with Crippen LogP contribution in [-0.2, 0) is 4.79 Å². The molecule has 110 valence electrons. The van der Waals surface area contributed by atoms with Gasteiger partial charge in [-0.1, -0.05) is 12.1 Å². The Bertz CT molecular complexity index is 665. The minimum atomic E-state index is -0.369. The lowest BCUT2D eigenvalue weighted by atomic mass is 10.2. The van der Waals surface area contributed by atoms with E-state index in [1.807, 2.05) is 6.92 Å². The largest absolute Gasteiger partial charge is 0.310 e. The van der Waals surface area contributed by atoms with Crippen LogP contribution in [0.1, 0.15) is 18.5 Å². The predicted octanol–water partition coefficient (Wildman–Crippen LogP) is 3.15. The number of nitrogens with zero attached hydrogens (tertiary/aromatic N) is 2. The van der Waals surface area contributed by atoms with Gasteiger partial charge in [-0.2, -0.15) is 5.10 Å². The van der Waals surface area contributed by atoms with Gasteiger partial charge in [0.15, 0.2) is 0 Å². The maximum atomic E-state index is 13.9. The first-order valence-corrected chi connectivity index (χ1v) is 7.94. The molecule has 2 heterocycles. The molecule has 1 amide bonds. The van der Waals surface area contributed by atoms with E-state index in [0.29, 0.717) is 11.5 Å². The van der Waals surface area contributed by atoms with Crippen molar-refractivity contribution in [2.45, 2.75) is 25.0 Å². The Balaban J connectivity index is 1.89. The van der Waals surface area contributed by atoms with E-state index in [1.54, 1.807) is 36.0 Å². The van der Waals surface area contributed by atoms with Crippen molar-refractivity contribution >= 4 is 23.5 Å². The Morgan fingerprint density at radius 1 is 1.48 bits per heavy atom. The van der Waals surface area contributed by atoms with Crippen molar-refractivity contribution in [3.05, 3.63) is 41.8 Å². The number of carbonyl (C=O) groups is 1. The molecular weight excluding hydrogens is 289 g/mol. The number of amides is 1. The molecule has 1 atom stereocenters. The zero-order valence-electron chi connectivity index (χ0n) is 11.7. The van der Waals surface area contributed by atoms with Crippen molar-refractivity contribution in [1.82, 2.24) is 9.78 Å². The van der Waals surface area contributed by atoms with Crippen LogP contribution in [0.3, 0.4) is 0 Å². The summed E-state index contributed by atoms with van der Waals surface area (Å²) in [5, 5.41) is 7.13. The molecular formula is C15H16FN3OS. The second-order valence-electron chi connectivity index (χ2n) is 5.03. The van der Waals surface area contributed by atoms with Gasteiger partial charge in [0.25, 0.3) is 0 Å². The van der Waals surface area contributed by atoms with Crippen molar-refractivity contribution in [1.29, 1.82) is 0 Å². The van der Waals surface area contributed by atoms with Crippen LogP contribution in [0.5, 0.6) is 0 Å². The van der Waals surface area contributed by atoms with Crippen LogP contribution >= 0.6 is 11.8 Å². The van der Waals surface area contributed by atoms with E-state index in [4.69, 9.17) is 0 Å². The normalized spacial score (nSPS) is 17.9. The molecule has 0 aliphatic carbocycles. The molecule has 1 unspecified atom stereocenters. The van der Waals surface area contributed by atoms with Gasteiger partial charge < -0.3 is 5.32 Å². The number of aryl methyl sites for hydroxylation is 1. The van der Waals surface area contributed by atoms with E-state index < -0.39 is 0 Å². The number of rotatable bonds is 3. The molecule has 1 N–H and O–H groups in total. The molecule has 0 bridgehead atoms. The highest BCUT2D eigenvalue weighted by atomic mass is 32.2. The Labute approximate surface area is 126 Å². The van der Waals surface area contributed by atoms with E-state index in [9.17, 15) is 9.18 Å². The summed E-state index contributed by atoms with van der Waals surface area (Å²) in [5.41, 5.74) is 1.06. The van der Waals surface area contributed by atoms with Gasteiger partial charge in [0, 0.05) is 6.07 Å². The first-order valence-electron chi connectivity index (χ1n) is 6.89. The van der Waals surface area contributed by atoms with Gasteiger partial charge in [0.2, 0.25) is 5.91 Å². The lowest BCUT2D eigenvalue weighted by Crippen LogP contribution is -2.24. The highest BCUT2D eigenvalue weighted by Crippen LogP contribution is 2.28. The summed E-state index contributed by atoms with van der Waals surface area (Å²) < 4.78 is 15.4. The molecule has 0 radical (unpaired) electrons. The minimum Gasteiger partial charge on any atom is -0.310 e. The van der Waals surface area contributed by atoms with E-state index in [1.165, 1.54) is 10.7 Å². The monoisotopic (exact) mass is 305 g/mol. The van der Waals surface area contributed by atoms with Gasteiger partial charge >= 0.3 is 0 Å². The molecule has 4 nitrogen and oxygen atoms in total. The van der Waals surface area contributed by atoms with E-state index >= 15 is 0 Å². The van der Waals surface area contributed by atoms with Crippen molar-refractivity contribution in [3.63, 3.8) is 0 Å². The molecule has 1 saturated heterocycles. The molecule has 1 aromatic carbocycles. The fourth-order valence-corrected chi connectivity index (χ4v) is 3.55. The van der Waals surface area contributed by atoms with Crippen molar-refractivity contribution < 1.29 is 9.18 Å². The number of carbonyl (C=O) groups excluding carboxylic acids is 1. The van der Waals surface area contributed by atoms with Gasteiger partial charge in [0.1, 0.15) is 17.3 Å². The van der Waals surface area contributed by atoms with Crippen LogP contribution in [0.15, 0.2) is 30.3 Å². The lowest BCUT2D eigenvalue weighted by Gasteiger charge is -2.12. The number of benzene rings is 1. The Morgan fingerprint density at radius 3 is 3.00 bits per heavy atom. The number of hydrogen-bond donors (Lipinski definition) is 1. The summed E-state index contributed by atoms with van der Waals surface area (Å²) in [6.45, 7) is 1.82.